The molecule has 0 fully saturated rings. The molecule has 1 aliphatic heterocycles. The van der Waals surface area contributed by atoms with Gasteiger partial charge in [0, 0.05) is 6.54 Å². The van der Waals surface area contributed by atoms with Crippen molar-refractivity contribution in [2.24, 2.45) is 0 Å². The third-order valence-corrected chi connectivity index (χ3v) is 3.81. The van der Waals surface area contributed by atoms with Crippen LogP contribution in [0.1, 0.15) is 41.8 Å². The lowest BCUT2D eigenvalue weighted by atomic mass is 9.95. The van der Waals surface area contributed by atoms with Crippen LogP contribution >= 0.6 is 0 Å². The van der Waals surface area contributed by atoms with E-state index in [1.165, 1.54) is 7.11 Å². The van der Waals surface area contributed by atoms with E-state index in [4.69, 9.17) is 9.47 Å². The van der Waals surface area contributed by atoms with Gasteiger partial charge in [0.15, 0.2) is 0 Å². The van der Waals surface area contributed by atoms with Crippen molar-refractivity contribution in [3.8, 4) is 0 Å². The van der Waals surface area contributed by atoms with E-state index < -0.39 is 0 Å². The molecule has 0 aliphatic carbocycles. The highest BCUT2D eigenvalue weighted by Crippen LogP contribution is 2.24. The van der Waals surface area contributed by atoms with E-state index >= 15 is 0 Å². The van der Waals surface area contributed by atoms with Gasteiger partial charge in [0.05, 0.1) is 19.2 Å². The van der Waals surface area contributed by atoms with Crippen molar-refractivity contribution in [2.75, 3.05) is 13.7 Å². The number of carbonyl (C=O) groups is 2. The molecule has 0 bridgehead atoms. The Bertz CT molecular complexity index is 541. The van der Waals surface area contributed by atoms with E-state index in [2.05, 4.69) is 0 Å². The van der Waals surface area contributed by atoms with Crippen LogP contribution in [0.5, 0.6) is 0 Å². The summed E-state index contributed by atoms with van der Waals surface area (Å²) in [6.45, 7) is 4.83. The third-order valence-electron chi connectivity index (χ3n) is 3.81. The summed E-state index contributed by atoms with van der Waals surface area (Å²) in [5.41, 5.74) is 2.47. The fourth-order valence-corrected chi connectivity index (χ4v) is 2.37. The Morgan fingerprint density at radius 2 is 2.14 bits per heavy atom. The van der Waals surface area contributed by atoms with Gasteiger partial charge in [0.1, 0.15) is 6.10 Å². The zero-order valence-corrected chi connectivity index (χ0v) is 12.7. The second-order valence-corrected chi connectivity index (χ2v) is 5.21. The van der Waals surface area contributed by atoms with E-state index in [0.717, 1.165) is 24.0 Å². The number of amides is 1. The fraction of sp³-hybridized carbons (Fsp3) is 0.500. The number of nitrogens with zero attached hydrogens (tertiary/aromatic N) is 1. The van der Waals surface area contributed by atoms with Gasteiger partial charge in [0.25, 0.3) is 0 Å². The smallest absolute Gasteiger partial charge is 0.410 e. The van der Waals surface area contributed by atoms with Crippen LogP contribution in [0.15, 0.2) is 18.2 Å². The molecule has 5 heteroatoms. The molecule has 1 unspecified atom stereocenters. The minimum Gasteiger partial charge on any atom is -0.465 e. The highest BCUT2D eigenvalue weighted by molar-refractivity contribution is 5.91. The van der Waals surface area contributed by atoms with Crippen molar-refractivity contribution in [1.29, 1.82) is 0 Å². The topological polar surface area (TPSA) is 55.8 Å². The van der Waals surface area contributed by atoms with Crippen molar-refractivity contribution in [3.05, 3.63) is 34.9 Å². The number of fused-ring (bicyclic) bond motifs is 1. The first-order chi connectivity index (χ1) is 10.1. The van der Waals surface area contributed by atoms with E-state index in [0.29, 0.717) is 18.7 Å². The van der Waals surface area contributed by atoms with Crippen LogP contribution in [0.2, 0.25) is 0 Å². The first kappa shape index (κ1) is 15.4. The first-order valence-electron chi connectivity index (χ1n) is 7.21. The SMILES string of the molecule is CCC(C)OC(=O)N1CCc2cccc(C(=O)OC)c2C1. The molecule has 0 spiro atoms. The second-order valence-electron chi connectivity index (χ2n) is 5.21. The van der Waals surface area contributed by atoms with E-state index in [9.17, 15) is 9.59 Å². The monoisotopic (exact) mass is 291 g/mol. The molecule has 1 aliphatic rings. The van der Waals surface area contributed by atoms with Gasteiger partial charge in [-0.15, -0.1) is 0 Å². The molecular formula is C16H21NO4. The predicted molar refractivity (Wildman–Crippen MR) is 78.1 cm³/mol. The maximum atomic E-state index is 12.1. The van der Waals surface area contributed by atoms with Crippen LogP contribution in [-0.4, -0.2) is 36.7 Å². The van der Waals surface area contributed by atoms with Crippen molar-refractivity contribution in [3.63, 3.8) is 0 Å². The Morgan fingerprint density at radius 1 is 1.38 bits per heavy atom. The van der Waals surface area contributed by atoms with Crippen LogP contribution < -0.4 is 0 Å². The summed E-state index contributed by atoms with van der Waals surface area (Å²) in [6, 6.07) is 5.56. The molecule has 1 atom stereocenters. The van der Waals surface area contributed by atoms with E-state index in [1.54, 1.807) is 11.0 Å². The van der Waals surface area contributed by atoms with Crippen molar-refractivity contribution < 1.29 is 19.1 Å². The summed E-state index contributed by atoms with van der Waals surface area (Å²) in [6.07, 6.45) is 1.07. The molecule has 0 aromatic heterocycles. The molecular weight excluding hydrogens is 270 g/mol. The van der Waals surface area contributed by atoms with Crippen molar-refractivity contribution in [1.82, 2.24) is 4.90 Å². The Morgan fingerprint density at radius 3 is 2.81 bits per heavy atom. The van der Waals surface area contributed by atoms with Crippen LogP contribution in [0.3, 0.4) is 0 Å². The van der Waals surface area contributed by atoms with Gasteiger partial charge in [0.2, 0.25) is 0 Å². The van der Waals surface area contributed by atoms with Gasteiger partial charge in [-0.25, -0.2) is 9.59 Å². The standard InChI is InChI=1S/C16H21NO4/c1-4-11(2)21-16(19)17-9-8-12-6-5-7-13(14(12)10-17)15(18)20-3/h5-7,11H,4,8-10H2,1-3H3. The molecule has 2 rings (SSSR count). The third kappa shape index (κ3) is 3.35. The number of methoxy groups -OCH3 is 1. The van der Waals surface area contributed by atoms with Gasteiger partial charge >= 0.3 is 12.1 Å². The minimum atomic E-state index is -0.371. The van der Waals surface area contributed by atoms with Crippen molar-refractivity contribution in [2.45, 2.75) is 39.3 Å². The quantitative estimate of drug-likeness (QED) is 0.804. The van der Waals surface area contributed by atoms with Gasteiger partial charge in [-0.05, 0) is 37.0 Å². The zero-order valence-electron chi connectivity index (χ0n) is 12.7. The lowest BCUT2D eigenvalue weighted by molar-refractivity contribution is 0.0578. The zero-order chi connectivity index (χ0) is 15.4. The summed E-state index contributed by atoms with van der Waals surface area (Å²) >= 11 is 0. The van der Waals surface area contributed by atoms with Crippen LogP contribution in [0.4, 0.5) is 4.79 Å². The molecule has 1 aromatic rings. The Balaban J connectivity index is 2.19. The molecule has 0 radical (unpaired) electrons. The number of esters is 1. The maximum Gasteiger partial charge on any atom is 0.410 e. The summed E-state index contributed by atoms with van der Waals surface area (Å²) in [5.74, 6) is -0.371. The Hall–Kier alpha value is -2.04. The highest BCUT2D eigenvalue weighted by Gasteiger charge is 2.26. The predicted octanol–water partition coefficient (Wildman–Crippen LogP) is 2.77. The van der Waals surface area contributed by atoms with Gasteiger partial charge in [-0.1, -0.05) is 19.1 Å². The highest BCUT2D eigenvalue weighted by atomic mass is 16.6. The number of rotatable bonds is 3. The molecule has 1 amide bonds. The molecule has 0 N–H and O–H groups in total. The van der Waals surface area contributed by atoms with E-state index in [1.807, 2.05) is 26.0 Å². The summed E-state index contributed by atoms with van der Waals surface area (Å²) in [7, 11) is 1.36. The summed E-state index contributed by atoms with van der Waals surface area (Å²) in [5, 5.41) is 0. The number of ether oxygens (including phenoxy) is 2. The molecule has 0 saturated carbocycles. The van der Waals surface area contributed by atoms with Crippen LogP contribution in [-0.2, 0) is 22.4 Å². The maximum absolute atomic E-state index is 12.1. The number of benzene rings is 1. The normalized spacial score (nSPS) is 15.1. The van der Waals surface area contributed by atoms with E-state index in [-0.39, 0.29) is 18.2 Å². The average molecular weight is 291 g/mol. The molecule has 0 saturated heterocycles. The van der Waals surface area contributed by atoms with Gasteiger partial charge < -0.3 is 14.4 Å². The van der Waals surface area contributed by atoms with Crippen LogP contribution in [0, 0.1) is 0 Å². The average Bonchev–Trinajstić information content (AvgIpc) is 2.52. The summed E-state index contributed by atoms with van der Waals surface area (Å²) < 4.78 is 10.2. The van der Waals surface area contributed by atoms with Crippen LogP contribution in [0.25, 0.3) is 0 Å². The summed E-state index contributed by atoms with van der Waals surface area (Å²) in [4.78, 5) is 25.6. The Kier molecular flexibility index (Phi) is 4.83. The molecule has 1 heterocycles. The largest absolute Gasteiger partial charge is 0.465 e. The lowest BCUT2D eigenvalue weighted by Crippen LogP contribution is -2.38. The molecule has 21 heavy (non-hydrogen) atoms. The van der Waals surface area contributed by atoms with Crippen molar-refractivity contribution >= 4 is 12.1 Å². The molecule has 114 valence electrons. The number of carbonyl (C=O) groups excluding carboxylic acids is 2. The van der Waals surface area contributed by atoms with Gasteiger partial charge in [-0.2, -0.15) is 0 Å². The fourth-order valence-electron chi connectivity index (χ4n) is 2.37. The molecule has 1 aromatic carbocycles. The first-order valence-corrected chi connectivity index (χ1v) is 7.21. The minimum absolute atomic E-state index is 0.102. The van der Waals surface area contributed by atoms with Gasteiger partial charge in [-0.3, -0.25) is 0 Å². The number of hydrogen-bond acceptors (Lipinski definition) is 4. The second kappa shape index (κ2) is 6.61. The Labute approximate surface area is 124 Å². The lowest BCUT2D eigenvalue weighted by Gasteiger charge is -2.30. The molecule has 5 nitrogen and oxygen atoms in total. The number of hydrogen-bond donors (Lipinski definition) is 0.